The van der Waals surface area contributed by atoms with Crippen molar-refractivity contribution < 1.29 is 19.0 Å². The number of halogens is 1. The lowest BCUT2D eigenvalue weighted by Gasteiger charge is -2.16. The Morgan fingerprint density at radius 3 is 2.31 bits per heavy atom. The number of carbonyl (C=O) groups excluding carboxylic acids is 1. The van der Waals surface area contributed by atoms with Gasteiger partial charge in [-0.2, -0.15) is 5.10 Å². The van der Waals surface area contributed by atoms with Crippen LogP contribution in [0.15, 0.2) is 41.5 Å². The van der Waals surface area contributed by atoms with Gasteiger partial charge in [0.1, 0.15) is 5.15 Å². The maximum Gasteiger partial charge on any atom is 0.271 e. The summed E-state index contributed by atoms with van der Waals surface area (Å²) in [5.41, 5.74) is 5.34. The summed E-state index contributed by atoms with van der Waals surface area (Å²) in [6, 6.07) is 11.0. The molecule has 0 saturated carbocycles. The molecule has 2 aromatic carbocycles. The third kappa shape index (κ3) is 5.48. The second-order valence-electron chi connectivity index (χ2n) is 6.86. The van der Waals surface area contributed by atoms with E-state index in [4.69, 9.17) is 25.8 Å². The van der Waals surface area contributed by atoms with Crippen molar-refractivity contribution in [2.45, 2.75) is 27.7 Å². The van der Waals surface area contributed by atoms with Crippen LogP contribution >= 0.6 is 11.6 Å². The van der Waals surface area contributed by atoms with Gasteiger partial charge in [0, 0.05) is 16.5 Å². The molecule has 7 nitrogen and oxygen atoms in total. The van der Waals surface area contributed by atoms with E-state index in [-0.39, 0.29) is 0 Å². The number of hydrazone groups is 1. The van der Waals surface area contributed by atoms with Gasteiger partial charge in [-0.3, -0.25) is 4.79 Å². The van der Waals surface area contributed by atoms with E-state index in [1.165, 1.54) is 6.21 Å². The van der Waals surface area contributed by atoms with Gasteiger partial charge in [0.2, 0.25) is 5.75 Å². The van der Waals surface area contributed by atoms with Gasteiger partial charge in [0.15, 0.2) is 11.5 Å². The van der Waals surface area contributed by atoms with Crippen LogP contribution in [-0.2, 0) is 0 Å². The highest BCUT2D eigenvalue weighted by Gasteiger charge is 2.18. The Labute approximate surface area is 192 Å². The number of fused-ring (bicyclic) bond motifs is 1. The minimum atomic E-state index is -0.424. The molecule has 3 aromatic rings. The molecule has 0 spiro atoms. The monoisotopic (exact) mass is 455 g/mol. The van der Waals surface area contributed by atoms with E-state index in [9.17, 15) is 4.79 Å². The summed E-state index contributed by atoms with van der Waals surface area (Å²) in [5, 5.41) is 5.29. The Balaban J connectivity index is 1.83. The van der Waals surface area contributed by atoms with Crippen molar-refractivity contribution in [3.63, 3.8) is 0 Å². The number of hydrogen-bond donors (Lipinski definition) is 1. The molecular formula is C24H26ClN3O4. The Hall–Kier alpha value is -3.32. The summed E-state index contributed by atoms with van der Waals surface area (Å²) >= 11 is 6.28. The van der Waals surface area contributed by atoms with Gasteiger partial charge in [0.25, 0.3) is 5.91 Å². The van der Waals surface area contributed by atoms with Crippen LogP contribution in [0.4, 0.5) is 0 Å². The third-order valence-corrected chi connectivity index (χ3v) is 4.80. The van der Waals surface area contributed by atoms with Crippen LogP contribution in [0.3, 0.4) is 0 Å². The van der Waals surface area contributed by atoms with E-state index < -0.39 is 5.91 Å². The fourth-order valence-electron chi connectivity index (χ4n) is 3.11. The topological polar surface area (TPSA) is 82.0 Å². The van der Waals surface area contributed by atoms with Crippen LogP contribution in [-0.4, -0.2) is 36.9 Å². The second-order valence-corrected chi connectivity index (χ2v) is 7.22. The maximum absolute atomic E-state index is 12.7. The molecule has 0 aliphatic carbocycles. The minimum Gasteiger partial charge on any atom is -0.490 e. The number of hydrogen-bond acceptors (Lipinski definition) is 6. The smallest absolute Gasteiger partial charge is 0.271 e. The third-order valence-electron chi connectivity index (χ3n) is 4.49. The molecule has 0 fully saturated rings. The first-order valence-corrected chi connectivity index (χ1v) is 10.8. The van der Waals surface area contributed by atoms with Gasteiger partial charge in [-0.1, -0.05) is 23.7 Å². The molecule has 1 aromatic heterocycles. The van der Waals surface area contributed by atoms with Gasteiger partial charge in [-0.25, -0.2) is 10.4 Å². The molecular weight excluding hydrogens is 430 g/mol. The molecule has 0 saturated heterocycles. The van der Waals surface area contributed by atoms with Crippen molar-refractivity contribution in [3.8, 4) is 17.2 Å². The van der Waals surface area contributed by atoms with Gasteiger partial charge in [-0.15, -0.1) is 0 Å². The Bertz CT molecular complexity index is 1120. The number of carbonyl (C=O) groups is 1. The molecule has 0 unspecified atom stereocenters. The lowest BCUT2D eigenvalue weighted by molar-refractivity contribution is 0.0954. The predicted octanol–water partition coefficient (Wildman–Crippen LogP) is 5.16. The predicted molar refractivity (Wildman–Crippen MR) is 126 cm³/mol. The summed E-state index contributed by atoms with van der Waals surface area (Å²) in [7, 11) is 0. The average molecular weight is 456 g/mol. The summed E-state index contributed by atoms with van der Waals surface area (Å²) in [4.78, 5) is 17.1. The zero-order chi connectivity index (χ0) is 23.1. The molecule has 168 valence electrons. The Morgan fingerprint density at radius 2 is 1.69 bits per heavy atom. The van der Waals surface area contributed by atoms with Crippen LogP contribution < -0.4 is 19.6 Å². The zero-order valence-electron chi connectivity index (χ0n) is 18.6. The van der Waals surface area contributed by atoms with Gasteiger partial charge >= 0.3 is 0 Å². The first-order valence-electron chi connectivity index (χ1n) is 10.4. The van der Waals surface area contributed by atoms with E-state index >= 15 is 0 Å². The van der Waals surface area contributed by atoms with Gasteiger partial charge in [0.05, 0.1) is 31.6 Å². The molecule has 32 heavy (non-hydrogen) atoms. The van der Waals surface area contributed by atoms with E-state index in [1.807, 2.05) is 52.0 Å². The largest absolute Gasteiger partial charge is 0.490 e. The molecule has 0 aliphatic rings. The van der Waals surface area contributed by atoms with Crippen LogP contribution in [0.25, 0.3) is 10.9 Å². The highest BCUT2D eigenvalue weighted by molar-refractivity contribution is 6.32. The first-order chi connectivity index (χ1) is 15.5. The molecule has 8 heteroatoms. The molecule has 0 atom stereocenters. The molecule has 1 heterocycles. The number of amides is 1. The highest BCUT2D eigenvalue weighted by atomic mass is 35.5. The van der Waals surface area contributed by atoms with E-state index in [0.29, 0.717) is 53.3 Å². The summed E-state index contributed by atoms with van der Waals surface area (Å²) in [5.74, 6) is 0.921. The fraction of sp³-hybridized carbons (Fsp3) is 0.292. The summed E-state index contributed by atoms with van der Waals surface area (Å²) in [6.45, 7) is 8.86. The van der Waals surface area contributed by atoms with Crippen molar-refractivity contribution in [2.75, 3.05) is 19.8 Å². The minimum absolute atomic E-state index is 0.305. The Morgan fingerprint density at radius 1 is 1.03 bits per heavy atom. The summed E-state index contributed by atoms with van der Waals surface area (Å²) in [6.07, 6.45) is 1.47. The molecule has 1 N–H and O–H groups in total. The van der Waals surface area contributed by atoms with Crippen LogP contribution in [0.1, 0.15) is 42.3 Å². The van der Waals surface area contributed by atoms with E-state index in [1.54, 1.807) is 12.1 Å². The molecule has 1 amide bonds. The van der Waals surface area contributed by atoms with Crippen molar-refractivity contribution in [1.29, 1.82) is 0 Å². The van der Waals surface area contributed by atoms with Gasteiger partial charge < -0.3 is 14.2 Å². The number of benzene rings is 2. The fourth-order valence-corrected chi connectivity index (χ4v) is 3.30. The van der Waals surface area contributed by atoms with E-state index in [2.05, 4.69) is 15.5 Å². The number of aromatic nitrogens is 1. The number of pyridine rings is 1. The lowest BCUT2D eigenvalue weighted by Crippen LogP contribution is -2.18. The van der Waals surface area contributed by atoms with Crippen LogP contribution in [0, 0.1) is 6.92 Å². The SMILES string of the molecule is CCOc1cc(C(=O)N/N=C/c2cc3ccc(C)cc3nc2Cl)cc(OCC)c1OCC. The first kappa shape index (κ1) is 23.3. The number of rotatable bonds is 9. The van der Waals surface area contributed by atoms with Crippen LogP contribution in [0.2, 0.25) is 5.15 Å². The number of ether oxygens (including phenoxy) is 3. The molecule has 3 rings (SSSR count). The molecule has 0 bridgehead atoms. The Kier molecular flexibility index (Phi) is 7.89. The number of nitrogens with zero attached hydrogens (tertiary/aromatic N) is 2. The second kappa shape index (κ2) is 10.8. The van der Waals surface area contributed by atoms with E-state index in [0.717, 1.165) is 16.5 Å². The van der Waals surface area contributed by atoms with Crippen molar-refractivity contribution in [2.24, 2.45) is 5.10 Å². The number of nitrogens with one attached hydrogen (secondary N) is 1. The van der Waals surface area contributed by atoms with Crippen molar-refractivity contribution >= 4 is 34.6 Å². The maximum atomic E-state index is 12.7. The summed E-state index contributed by atoms with van der Waals surface area (Å²) < 4.78 is 17.0. The van der Waals surface area contributed by atoms with Crippen molar-refractivity contribution in [3.05, 3.63) is 58.2 Å². The zero-order valence-corrected chi connectivity index (χ0v) is 19.3. The van der Waals surface area contributed by atoms with Crippen LogP contribution in [0.5, 0.6) is 17.2 Å². The lowest BCUT2D eigenvalue weighted by atomic mass is 10.1. The number of aryl methyl sites for hydroxylation is 1. The van der Waals surface area contributed by atoms with Gasteiger partial charge in [-0.05, 0) is 57.5 Å². The highest BCUT2D eigenvalue weighted by Crippen LogP contribution is 2.39. The average Bonchev–Trinajstić information content (AvgIpc) is 2.76. The molecule has 0 aliphatic heterocycles. The standard InChI is InChI=1S/C24H26ClN3O4/c1-5-30-20-12-17(13-21(31-6-2)22(20)32-7-3)24(29)28-26-14-18-11-16-9-8-15(4)10-19(16)27-23(18)25/h8-14H,5-7H2,1-4H3,(H,28,29)/b26-14+. The van der Waals surface area contributed by atoms with Crippen molar-refractivity contribution in [1.82, 2.24) is 10.4 Å². The normalized spacial score (nSPS) is 11.0. The molecule has 0 radical (unpaired) electrons. The quantitative estimate of drug-likeness (QED) is 0.274.